The van der Waals surface area contributed by atoms with Crippen molar-refractivity contribution in [3.63, 3.8) is 0 Å². The fourth-order valence-corrected chi connectivity index (χ4v) is 4.17. The van der Waals surface area contributed by atoms with Gasteiger partial charge in [-0.25, -0.2) is 15.0 Å². The Morgan fingerprint density at radius 2 is 1.77 bits per heavy atom. The van der Waals surface area contributed by atoms with Crippen molar-refractivity contribution in [2.45, 2.75) is 20.4 Å². The Bertz CT molecular complexity index is 871. The van der Waals surface area contributed by atoms with Gasteiger partial charge in [-0.3, -0.25) is 9.88 Å². The number of aryl methyl sites for hydroxylation is 2. The molecule has 26 heavy (non-hydrogen) atoms. The summed E-state index contributed by atoms with van der Waals surface area (Å²) in [5, 5.41) is 1.15. The Kier molecular flexibility index (Phi) is 4.90. The van der Waals surface area contributed by atoms with E-state index in [2.05, 4.69) is 38.6 Å². The van der Waals surface area contributed by atoms with Crippen LogP contribution in [0.4, 0.5) is 5.95 Å². The van der Waals surface area contributed by atoms with Crippen LogP contribution in [0.15, 0.2) is 36.7 Å². The van der Waals surface area contributed by atoms with Gasteiger partial charge in [-0.1, -0.05) is 6.07 Å². The zero-order valence-electron chi connectivity index (χ0n) is 15.1. The van der Waals surface area contributed by atoms with Gasteiger partial charge in [-0.05, 0) is 32.0 Å². The molecule has 0 unspecified atom stereocenters. The second kappa shape index (κ2) is 7.47. The van der Waals surface area contributed by atoms with Gasteiger partial charge in [0.1, 0.15) is 0 Å². The third-order valence-electron chi connectivity index (χ3n) is 4.59. The van der Waals surface area contributed by atoms with E-state index in [1.165, 1.54) is 10.6 Å². The lowest BCUT2D eigenvalue weighted by Crippen LogP contribution is -2.46. The molecule has 134 valence electrons. The highest BCUT2D eigenvalue weighted by Crippen LogP contribution is 2.21. The normalized spacial score (nSPS) is 15.4. The molecule has 3 aromatic heterocycles. The van der Waals surface area contributed by atoms with E-state index in [0.29, 0.717) is 0 Å². The summed E-state index contributed by atoms with van der Waals surface area (Å²) in [5.74, 6) is 0.789. The van der Waals surface area contributed by atoms with Crippen LogP contribution in [0.1, 0.15) is 15.6 Å². The molecule has 3 aromatic rings. The molecule has 0 amide bonds. The minimum Gasteiger partial charge on any atom is -0.338 e. The minimum atomic E-state index is 0.789. The van der Waals surface area contributed by atoms with E-state index >= 15 is 0 Å². The summed E-state index contributed by atoms with van der Waals surface area (Å²) in [4.78, 5) is 24.2. The maximum absolute atomic E-state index is 4.72. The molecule has 0 saturated carbocycles. The number of hydrogen-bond donors (Lipinski definition) is 0. The predicted molar refractivity (Wildman–Crippen MR) is 104 cm³/mol. The lowest BCUT2D eigenvalue weighted by Gasteiger charge is -2.34. The van der Waals surface area contributed by atoms with Crippen molar-refractivity contribution in [3.8, 4) is 11.4 Å². The van der Waals surface area contributed by atoms with Gasteiger partial charge in [0, 0.05) is 50.0 Å². The first kappa shape index (κ1) is 17.1. The molecule has 0 N–H and O–H groups in total. The van der Waals surface area contributed by atoms with Crippen LogP contribution in [0.3, 0.4) is 0 Å². The second-order valence-corrected chi connectivity index (χ2v) is 7.75. The molecule has 0 spiro atoms. The number of aromatic nitrogens is 4. The molecule has 4 rings (SSSR count). The van der Waals surface area contributed by atoms with Gasteiger partial charge in [0.15, 0.2) is 0 Å². The van der Waals surface area contributed by atoms with E-state index in [9.17, 15) is 0 Å². The molecule has 4 heterocycles. The Morgan fingerprint density at radius 3 is 2.46 bits per heavy atom. The van der Waals surface area contributed by atoms with E-state index in [0.717, 1.165) is 55.1 Å². The summed E-state index contributed by atoms with van der Waals surface area (Å²) >= 11 is 1.81. The predicted octanol–water partition coefficient (Wildman–Crippen LogP) is 2.93. The highest BCUT2D eigenvalue weighted by molar-refractivity contribution is 7.11. The SMILES string of the molecule is Cc1nc(C)c(CN2CCN(c3nccc(-c4ccccn4)n3)CC2)s1. The van der Waals surface area contributed by atoms with E-state index in [1.807, 2.05) is 30.5 Å². The van der Waals surface area contributed by atoms with Gasteiger partial charge in [0.25, 0.3) is 0 Å². The van der Waals surface area contributed by atoms with Crippen molar-refractivity contribution in [2.24, 2.45) is 0 Å². The van der Waals surface area contributed by atoms with Gasteiger partial charge >= 0.3 is 0 Å². The highest BCUT2D eigenvalue weighted by Gasteiger charge is 2.20. The maximum Gasteiger partial charge on any atom is 0.225 e. The molecule has 7 heteroatoms. The standard InChI is InChI=1S/C19H22N6S/c1-14-18(26-15(2)22-14)13-24-9-11-25(12-10-24)19-21-8-6-17(23-19)16-5-3-4-7-20-16/h3-8H,9-13H2,1-2H3. The van der Waals surface area contributed by atoms with Crippen LogP contribution < -0.4 is 4.90 Å². The van der Waals surface area contributed by atoms with Crippen molar-refractivity contribution in [1.29, 1.82) is 0 Å². The molecule has 0 atom stereocenters. The van der Waals surface area contributed by atoms with Crippen LogP contribution in [0, 0.1) is 13.8 Å². The second-order valence-electron chi connectivity index (χ2n) is 6.46. The molecular weight excluding hydrogens is 344 g/mol. The molecule has 1 aliphatic heterocycles. The Morgan fingerprint density at radius 1 is 0.923 bits per heavy atom. The van der Waals surface area contributed by atoms with Crippen molar-refractivity contribution >= 4 is 17.3 Å². The Hall–Kier alpha value is -2.38. The summed E-state index contributed by atoms with van der Waals surface area (Å²) in [6.45, 7) is 9.04. The summed E-state index contributed by atoms with van der Waals surface area (Å²) in [6.07, 6.45) is 3.61. The van der Waals surface area contributed by atoms with E-state index in [1.54, 1.807) is 17.5 Å². The topological polar surface area (TPSA) is 58.0 Å². The molecular formula is C19H22N6S. The average Bonchev–Trinajstić information content (AvgIpc) is 3.00. The molecule has 1 aliphatic rings. The van der Waals surface area contributed by atoms with Crippen molar-refractivity contribution in [2.75, 3.05) is 31.1 Å². The molecule has 0 aliphatic carbocycles. The molecule has 1 saturated heterocycles. The van der Waals surface area contributed by atoms with Gasteiger partial charge in [0.05, 0.1) is 22.1 Å². The van der Waals surface area contributed by atoms with Crippen LogP contribution in [0.25, 0.3) is 11.4 Å². The van der Waals surface area contributed by atoms with Crippen LogP contribution >= 0.6 is 11.3 Å². The first-order valence-electron chi connectivity index (χ1n) is 8.84. The summed E-state index contributed by atoms with van der Waals surface area (Å²) in [6, 6.07) is 7.78. The molecule has 0 radical (unpaired) electrons. The number of pyridine rings is 1. The number of hydrogen-bond acceptors (Lipinski definition) is 7. The molecule has 0 aromatic carbocycles. The quantitative estimate of drug-likeness (QED) is 0.708. The van der Waals surface area contributed by atoms with E-state index in [4.69, 9.17) is 4.98 Å². The minimum absolute atomic E-state index is 0.789. The van der Waals surface area contributed by atoms with E-state index in [-0.39, 0.29) is 0 Å². The van der Waals surface area contributed by atoms with E-state index < -0.39 is 0 Å². The maximum atomic E-state index is 4.72. The molecule has 6 nitrogen and oxygen atoms in total. The fraction of sp³-hybridized carbons (Fsp3) is 0.368. The van der Waals surface area contributed by atoms with Gasteiger partial charge in [-0.2, -0.15) is 0 Å². The third kappa shape index (κ3) is 3.73. The van der Waals surface area contributed by atoms with Crippen molar-refractivity contribution in [1.82, 2.24) is 24.8 Å². The number of nitrogens with zero attached hydrogens (tertiary/aromatic N) is 6. The Labute approximate surface area is 157 Å². The van der Waals surface area contributed by atoms with Crippen molar-refractivity contribution < 1.29 is 0 Å². The molecule has 0 bridgehead atoms. The smallest absolute Gasteiger partial charge is 0.225 e. The summed E-state index contributed by atoms with van der Waals surface area (Å²) < 4.78 is 0. The Balaban J connectivity index is 1.41. The zero-order chi connectivity index (χ0) is 17.9. The number of anilines is 1. The third-order valence-corrected chi connectivity index (χ3v) is 5.65. The number of rotatable bonds is 4. The highest BCUT2D eigenvalue weighted by atomic mass is 32.1. The van der Waals surface area contributed by atoms with Crippen LogP contribution in [-0.4, -0.2) is 51.0 Å². The number of piperazine rings is 1. The first-order chi connectivity index (χ1) is 12.7. The average molecular weight is 366 g/mol. The summed E-state index contributed by atoms with van der Waals surface area (Å²) in [5.41, 5.74) is 2.92. The van der Waals surface area contributed by atoms with Crippen molar-refractivity contribution in [3.05, 3.63) is 52.2 Å². The fourth-order valence-electron chi connectivity index (χ4n) is 3.19. The molecule has 1 fully saturated rings. The van der Waals surface area contributed by atoms with Gasteiger partial charge in [-0.15, -0.1) is 11.3 Å². The lowest BCUT2D eigenvalue weighted by molar-refractivity contribution is 0.250. The van der Waals surface area contributed by atoms with Crippen LogP contribution in [0.2, 0.25) is 0 Å². The monoisotopic (exact) mass is 366 g/mol. The lowest BCUT2D eigenvalue weighted by atomic mass is 10.2. The van der Waals surface area contributed by atoms with Crippen LogP contribution in [-0.2, 0) is 6.54 Å². The van der Waals surface area contributed by atoms with Gasteiger partial charge in [0.2, 0.25) is 5.95 Å². The zero-order valence-corrected chi connectivity index (χ0v) is 15.9. The van der Waals surface area contributed by atoms with Gasteiger partial charge < -0.3 is 4.90 Å². The van der Waals surface area contributed by atoms with Crippen LogP contribution in [0.5, 0.6) is 0 Å². The summed E-state index contributed by atoms with van der Waals surface area (Å²) in [7, 11) is 0. The first-order valence-corrected chi connectivity index (χ1v) is 9.65. The largest absolute Gasteiger partial charge is 0.338 e. The number of thiazole rings is 1.